The molecule has 1 aliphatic carbocycles. The van der Waals surface area contributed by atoms with Crippen molar-refractivity contribution < 1.29 is 4.39 Å². The molecule has 0 aliphatic heterocycles. The summed E-state index contributed by atoms with van der Waals surface area (Å²) in [5, 5.41) is 0. The van der Waals surface area contributed by atoms with E-state index in [1.54, 1.807) is 0 Å². The van der Waals surface area contributed by atoms with Crippen molar-refractivity contribution in [3.05, 3.63) is 0 Å². The van der Waals surface area contributed by atoms with Gasteiger partial charge in [0.1, 0.15) is 6.17 Å². The van der Waals surface area contributed by atoms with Crippen LogP contribution in [-0.4, -0.2) is 6.17 Å². The Morgan fingerprint density at radius 2 is 1.91 bits per heavy atom. The normalized spacial score (nSPS) is 39.5. The lowest BCUT2D eigenvalue weighted by molar-refractivity contribution is 0.1000. The lowest BCUT2D eigenvalue weighted by Crippen LogP contribution is -2.28. The second kappa shape index (κ2) is 3.55. The molecule has 11 heavy (non-hydrogen) atoms. The Morgan fingerprint density at radius 3 is 2.36 bits per heavy atom. The van der Waals surface area contributed by atoms with Gasteiger partial charge in [-0.2, -0.15) is 0 Å². The molecule has 0 aromatic carbocycles. The van der Waals surface area contributed by atoms with Gasteiger partial charge in [-0.05, 0) is 30.6 Å². The standard InChI is InChI=1S/C10H19F/c1-7(2)9-5-4-8(3)6-10(9)11/h7-10H,4-6H2,1-3H3/t8-,9-,10+/m1/s1. The van der Waals surface area contributed by atoms with Gasteiger partial charge in [-0.3, -0.25) is 0 Å². The first kappa shape index (κ1) is 9.02. The smallest absolute Gasteiger partial charge is 0.103 e. The summed E-state index contributed by atoms with van der Waals surface area (Å²) in [4.78, 5) is 0. The molecule has 0 N–H and O–H groups in total. The van der Waals surface area contributed by atoms with E-state index in [2.05, 4.69) is 20.8 Å². The highest BCUT2D eigenvalue weighted by Gasteiger charge is 2.30. The lowest BCUT2D eigenvalue weighted by atomic mass is 9.76. The fraction of sp³-hybridized carbons (Fsp3) is 1.00. The summed E-state index contributed by atoms with van der Waals surface area (Å²) in [6, 6.07) is 0. The summed E-state index contributed by atoms with van der Waals surface area (Å²) < 4.78 is 13.3. The first-order valence-electron chi connectivity index (χ1n) is 4.75. The monoisotopic (exact) mass is 158 g/mol. The van der Waals surface area contributed by atoms with Crippen LogP contribution >= 0.6 is 0 Å². The quantitative estimate of drug-likeness (QED) is 0.548. The predicted molar refractivity (Wildman–Crippen MR) is 46.2 cm³/mol. The molecule has 0 bridgehead atoms. The van der Waals surface area contributed by atoms with E-state index >= 15 is 0 Å². The molecular weight excluding hydrogens is 139 g/mol. The number of halogens is 1. The van der Waals surface area contributed by atoms with Gasteiger partial charge < -0.3 is 0 Å². The summed E-state index contributed by atoms with van der Waals surface area (Å²) >= 11 is 0. The highest BCUT2D eigenvalue weighted by atomic mass is 19.1. The van der Waals surface area contributed by atoms with Crippen molar-refractivity contribution in [3.63, 3.8) is 0 Å². The Morgan fingerprint density at radius 1 is 1.27 bits per heavy atom. The molecule has 0 unspecified atom stereocenters. The van der Waals surface area contributed by atoms with Crippen molar-refractivity contribution in [2.24, 2.45) is 17.8 Å². The SMILES string of the molecule is CC(C)[C@H]1CC[C@@H](C)C[C@@H]1F. The maximum Gasteiger partial charge on any atom is 0.103 e. The molecule has 3 atom stereocenters. The molecule has 0 spiro atoms. The van der Waals surface area contributed by atoms with E-state index in [0.29, 0.717) is 17.8 Å². The van der Waals surface area contributed by atoms with E-state index in [4.69, 9.17) is 0 Å². The van der Waals surface area contributed by atoms with Gasteiger partial charge in [-0.15, -0.1) is 0 Å². The Labute approximate surface area is 69.2 Å². The molecule has 0 amide bonds. The Hall–Kier alpha value is -0.0700. The number of alkyl halides is 1. The average molecular weight is 158 g/mol. The summed E-state index contributed by atoms with van der Waals surface area (Å²) in [5.74, 6) is 1.48. The van der Waals surface area contributed by atoms with Crippen LogP contribution < -0.4 is 0 Å². The van der Waals surface area contributed by atoms with Crippen LogP contribution in [0.3, 0.4) is 0 Å². The van der Waals surface area contributed by atoms with E-state index < -0.39 is 6.17 Å². The summed E-state index contributed by atoms with van der Waals surface area (Å²) in [6.07, 6.45) is 2.59. The van der Waals surface area contributed by atoms with Gasteiger partial charge in [0.25, 0.3) is 0 Å². The van der Waals surface area contributed by atoms with Crippen molar-refractivity contribution in [1.29, 1.82) is 0 Å². The molecule has 0 nitrogen and oxygen atoms in total. The third-order valence-corrected chi connectivity index (χ3v) is 2.94. The third kappa shape index (κ3) is 2.18. The maximum atomic E-state index is 13.3. The fourth-order valence-corrected chi connectivity index (χ4v) is 2.09. The number of hydrogen-bond donors (Lipinski definition) is 0. The van der Waals surface area contributed by atoms with E-state index in [1.165, 1.54) is 6.42 Å². The van der Waals surface area contributed by atoms with Crippen LogP contribution in [-0.2, 0) is 0 Å². The first-order valence-corrected chi connectivity index (χ1v) is 4.75. The largest absolute Gasteiger partial charge is 0.247 e. The molecular formula is C10H19F. The second-order valence-electron chi connectivity index (χ2n) is 4.34. The summed E-state index contributed by atoms with van der Waals surface area (Å²) in [5.41, 5.74) is 0. The number of rotatable bonds is 1. The molecule has 66 valence electrons. The van der Waals surface area contributed by atoms with Crippen molar-refractivity contribution >= 4 is 0 Å². The van der Waals surface area contributed by atoms with E-state index in [9.17, 15) is 4.39 Å². The zero-order valence-corrected chi connectivity index (χ0v) is 7.81. The van der Waals surface area contributed by atoms with Gasteiger partial charge in [-0.25, -0.2) is 4.39 Å². The molecule has 1 aliphatic rings. The molecule has 0 aromatic rings. The van der Waals surface area contributed by atoms with Crippen molar-refractivity contribution in [1.82, 2.24) is 0 Å². The van der Waals surface area contributed by atoms with E-state index in [1.807, 2.05) is 0 Å². The molecule has 1 heteroatoms. The van der Waals surface area contributed by atoms with Crippen LogP contribution in [0.4, 0.5) is 4.39 Å². The van der Waals surface area contributed by atoms with Crippen LogP contribution in [0.2, 0.25) is 0 Å². The molecule has 0 saturated heterocycles. The third-order valence-electron chi connectivity index (χ3n) is 2.94. The van der Waals surface area contributed by atoms with Crippen LogP contribution in [0.25, 0.3) is 0 Å². The Kier molecular flexibility index (Phi) is 2.91. The van der Waals surface area contributed by atoms with Crippen LogP contribution in [0.5, 0.6) is 0 Å². The molecule has 1 rings (SSSR count). The fourth-order valence-electron chi connectivity index (χ4n) is 2.09. The minimum atomic E-state index is -0.529. The van der Waals surface area contributed by atoms with Gasteiger partial charge in [-0.1, -0.05) is 27.2 Å². The first-order chi connectivity index (χ1) is 5.11. The molecule has 0 heterocycles. The highest BCUT2D eigenvalue weighted by molar-refractivity contribution is 4.79. The van der Waals surface area contributed by atoms with Crippen LogP contribution in [0, 0.1) is 17.8 Å². The van der Waals surface area contributed by atoms with Gasteiger partial charge >= 0.3 is 0 Å². The van der Waals surface area contributed by atoms with Crippen molar-refractivity contribution in [3.8, 4) is 0 Å². The maximum absolute atomic E-state index is 13.3. The molecule has 1 saturated carbocycles. The van der Waals surface area contributed by atoms with Crippen molar-refractivity contribution in [2.75, 3.05) is 0 Å². The Balaban J connectivity index is 2.44. The van der Waals surface area contributed by atoms with Gasteiger partial charge in [0.2, 0.25) is 0 Å². The van der Waals surface area contributed by atoms with Gasteiger partial charge in [0, 0.05) is 0 Å². The van der Waals surface area contributed by atoms with Gasteiger partial charge in [0.05, 0.1) is 0 Å². The summed E-state index contributed by atoms with van der Waals surface area (Å²) in [6.45, 7) is 6.42. The minimum Gasteiger partial charge on any atom is -0.247 e. The van der Waals surface area contributed by atoms with Crippen LogP contribution in [0.1, 0.15) is 40.0 Å². The van der Waals surface area contributed by atoms with E-state index in [0.717, 1.165) is 12.8 Å². The van der Waals surface area contributed by atoms with Crippen molar-refractivity contribution in [2.45, 2.75) is 46.2 Å². The van der Waals surface area contributed by atoms with Gasteiger partial charge in [0.15, 0.2) is 0 Å². The minimum absolute atomic E-state index is 0.339. The zero-order valence-electron chi connectivity index (χ0n) is 7.81. The van der Waals surface area contributed by atoms with E-state index in [-0.39, 0.29) is 0 Å². The molecule has 0 radical (unpaired) electrons. The second-order valence-corrected chi connectivity index (χ2v) is 4.34. The lowest BCUT2D eigenvalue weighted by Gasteiger charge is -2.32. The Bertz CT molecular complexity index is 120. The highest BCUT2D eigenvalue weighted by Crippen LogP contribution is 2.35. The molecule has 1 fully saturated rings. The molecule has 0 aromatic heterocycles. The average Bonchev–Trinajstić information content (AvgIpc) is 1.85. The topological polar surface area (TPSA) is 0 Å². The summed E-state index contributed by atoms with van der Waals surface area (Å²) in [7, 11) is 0. The van der Waals surface area contributed by atoms with Crippen LogP contribution in [0.15, 0.2) is 0 Å². The number of hydrogen-bond acceptors (Lipinski definition) is 0. The predicted octanol–water partition coefficient (Wildman–Crippen LogP) is 3.42. The zero-order chi connectivity index (χ0) is 8.43.